The molecule has 0 aromatic heterocycles. The van der Waals surface area contributed by atoms with Crippen LogP contribution in [0.15, 0.2) is 24.3 Å². The molecule has 100 valence electrons. The maximum atomic E-state index is 12.0. The van der Waals surface area contributed by atoms with Crippen LogP contribution in [0, 0.1) is 0 Å². The van der Waals surface area contributed by atoms with Crippen molar-refractivity contribution in [3.63, 3.8) is 0 Å². The van der Waals surface area contributed by atoms with Crippen molar-refractivity contribution >= 4 is 11.8 Å². The van der Waals surface area contributed by atoms with Gasteiger partial charge in [0.1, 0.15) is 6.61 Å². The molecule has 0 bridgehead atoms. The number of carbonyl (C=O) groups excluding carboxylic acids is 2. The predicted molar refractivity (Wildman–Crippen MR) is 66.3 cm³/mol. The largest absolute Gasteiger partial charge is 0.387 e. The zero-order valence-corrected chi connectivity index (χ0v) is 10.5. The van der Waals surface area contributed by atoms with Crippen molar-refractivity contribution in [3.8, 4) is 0 Å². The van der Waals surface area contributed by atoms with E-state index in [4.69, 9.17) is 4.84 Å². The van der Waals surface area contributed by atoms with Crippen LogP contribution in [-0.4, -0.2) is 34.2 Å². The number of nitrogens with zero attached hydrogens (tertiary/aromatic N) is 1. The first-order chi connectivity index (χ1) is 9.11. The van der Waals surface area contributed by atoms with Gasteiger partial charge in [0, 0.05) is 0 Å². The molecule has 3 rings (SSSR count). The first kappa shape index (κ1) is 12.3. The maximum Gasteiger partial charge on any atom is 0.285 e. The molecule has 5 nitrogen and oxygen atoms in total. The molecular weight excluding hydrogens is 246 g/mol. The lowest BCUT2D eigenvalue weighted by molar-refractivity contribution is -0.144. The van der Waals surface area contributed by atoms with Gasteiger partial charge in [-0.25, -0.2) is 0 Å². The molecule has 1 aromatic rings. The van der Waals surface area contributed by atoms with Gasteiger partial charge in [-0.05, 0) is 25.0 Å². The van der Waals surface area contributed by atoms with Crippen LogP contribution >= 0.6 is 0 Å². The van der Waals surface area contributed by atoms with E-state index in [0.29, 0.717) is 24.0 Å². The minimum atomic E-state index is -0.907. The normalized spacial score (nSPS) is 21.0. The summed E-state index contributed by atoms with van der Waals surface area (Å²) in [5, 5.41) is 10.9. The predicted octanol–water partition coefficient (Wildman–Crippen LogP) is 1.52. The number of benzene rings is 1. The number of hydroxylamine groups is 2. The van der Waals surface area contributed by atoms with Gasteiger partial charge in [0.05, 0.1) is 16.7 Å². The Bertz CT molecular complexity index is 499. The zero-order chi connectivity index (χ0) is 13.5. The lowest BCUT2D eigenvalue weighted by atomic mass is 10.1. The van der Waals surface area contributed by atoms with E-state index in [9.17, 15) is 14.7 Å². The van der Waals surface area contributed by atoms with Crippen molar-refractivity contribution < 1.29 is 19.5 Å². The molecule has 0 spiro atoms. The third-order valence-corrected chi connectivity index (χ3v) is 3.75. The van der Waals surface area contributed by atoms with Crippen molar-refractivity contribution in [1.29, 1.82) is 0 Å². The van der Waals surface area contributed by atoms with Gasteiger partial charge < -0.3 is 5.11 Å². The zero-order valence-electron chi connectivity index (χ0n) is 10.5. The summed E-state index contributed by atoms with van der Waals surface area (Å²) in [4.78, 5) is 29.3. The fourth-order valence-electron chi connectivity index (χ4n) is 2.65. The van der Waals surface area contributed by atoms with Gasteiger partial charge in [0.25, 0.3) is 11.8 Å². The highest BCUT2D eigenvalue weighted by Gasteiger charge is 2.39. The number of amides is 2. The minimum Gasteiger partial charge on any atom is -0.387 e. The number of imide groups is 1. The molecular formula is C14H15NO4. The average molecular weight is 261 g/mol. The Morgan fingerprint density at radius 3 is 2.16 bits per heavy atom. The Morgan fingerprint density at radius 2 is 1.63 bits per heavy atom. The van der Waals surface area contributed by atoms with Crippen LogP contribution in [0.25, 0.3) is 0 Å². The molecule has 2 aliphatic rings. The summed E-state index contributed by atoms with van der Waals surface area (Å²) >= 11 is 0. The molecule has 5 heteroatoms. The summed E-state index contributed by atoms with van der Waals surface area (Å²) in [6, 6.07) is 6.61. The van der Waals surface area contributed by atoms with Gasteiger partial charge in [-0.3, -0.25) is 14.4 Å². The smallest absolute Gasteiger partial charge is 0.285 e. The summed E-state index contributed by atoms with van der Waals surface area (Å²) in [5.74, 6) is -0.913. The van der Waals surface area contributed by atoms with Crippen molar-refractivity contribution in [2.45, 2.75) is 31.3 Å². The van der Waals surface area contributed by atoms with Crippen molar-refractivity contribution in [1.82, 2.24) is 5.06 Å². The average Bonchev–Trinajstić information content (AvgIpc) is 2.94. The first-order valence-corrected chi connectivity index (χ1v) is 6.44. The van der Waals surface area contributed by atoms with E-state index in [2.05, 4.69) is 0 Å². The highest BCUT2D eigenvalue weighted by Crippen LogP contribution is 2.31. The van der Waals surface area contributed by atoms with Crippen LogP contribution in [0.2, 0.25) is 0 Å². The molecule has 1 aromatic carbocycles. The Balaban J connectivity index is 1.74. The molecule has 1 heterocycles. The molecule has 1 aliphatic heterocycles. The van der Waals surface area contributed by atoms with E-state index in [1.165, 1.54) is 0 Å². The van der Waals surface area contributed by atoms with Gasteiger partial charge in [0.15, 0.2) is 0 Å². The lowest BCUT2D eigenvalue weighted by Gasteiger charge is -2.24. The molecule has 0 atom stereocenters. The van der Waals surface area contributed by atoms with Gasteiger partial charge in [-0.2, -0.15) is 0 Å². The SMILES string of the molecule is O=C1c2ccccc2C(=O)N1OCC1(O)CCCC1. The maximum absolute atomic E-state index is 12.0. The monoisotopic (exact) mass is 261 g/mol. The van der Waals surface area contributed by atoms with E-state index in [-0.39, 0.29) is 6.61 Å². The molecule has 0 saturated heterocycles. The van der Waals surface area contributed by atoms with Crippen molar-refractivity contribution in [2.75, 3.05) is 6.61 Å². The van der Waals surface area contributed by atoms with Crippen LogP contribution in [-0.2, 0) is 4.84 Å². The standard InChI is InChI=1S/C14H15NO4/c16-12-10-5-1-2-6-11(10)13(17)15(12)19-9-14(18)7-3-4-8-14/h1-2,5-6,18H,3-4,7-9H2. The summed E-state index contributed by atoms with van der Waals surface area (Å²) in [5.41, 5.74) is -0.202. The highest BCUT2D eigenvalue weighted by atomic mass is 16.7. The third kappa shape index (κ3) is 2.05. The number of hydrogen-bond donors (Lipinski definition) is 1. The number of hydrogen-bond acceptors (Lipinski definition) is 4. The Hall–Kier alpha value is -1.72. The number of fused-ring (bicyclic) bond motifs is 1. The number of rotatable bonds is 3. The van der Waals surface area contributed by atoms with E-state index < -0.39 is 17.4 Å². The van der Waals surface area contributed by atoms with E-state index in [0.717, 1.165) is 17.9 Å². The summed E-state index contributed by atoms with van der Waals surface area (Å²) in [6.07, 6.45) is 3.19. The van der Waals surface area contributed by atoms with Crippen molar-refractivity contribution in [2.24, 2.45) is 0 Å². The molecule has 0 radical (unpaired) electrons. The van der Waals surface area contributed by atoms with Gasteiger partial charge in [-0.1, -0.05) is 25.0 Å². The molecule has 1 fully saturated rings. The number of carbonyl (C=O) groups is 2. The molecule has 1 saturated carbocycles. The van der Waals surface area contributed by atoms with Crippen LogP contribution in [0.5, 0.6) is 0 Å². The molecule has 1 aliphatic carbocycles. The molecule has 2 amide bonds. The Labute approximate surface area is 110 Å². The topological polar surface area (TPSA) is 66.8 Å². The van der Waals surface area contributed by atoms with Gasteiger partial charge in [0.2, 0.25) is 0 Å². The van der Waals surface area contributed by atoms with E-state index in [1.54, 1.807) is 24.3 Å². The van der Waals surface area contributed by atoms with Crippen LogP contribution in [0.1, 0.15) is 46.4 Å². The summed E-state index contributed by atoms with van der Waals surface area (Å²) in [6.45, 7) is -0.0154. The number of aliphatic hydroxyl groups is 1. The Morgan fingerprint density at radius 1 is 1.11 bits per heavy atom. The van der Waals surface area contributed by atoms with Crippen LogP contribution < -0.4 is 0 Å². The highest BCUT2D eigenvalue weighted by molar-refractivity contribution is 6.20. The van der Waals surface area contributed by atoms with E-state index >= 15 is 0 Å². The Kier molecular flexibility index (Phi) is 2.88. The molecule has 19 heavy (non-hydrogen) atoms. The summed E-state index contributed by atoms with van der Waals surface area (Å²) in [7, 11) is 0. The van der Waals surface area contributed by atoms with Gasteiger partial charge in [-0.15, -0.1) is 5.06 Å². The van der Waals surface area contributed by atoms with Crippen LogP contribution in [0.4, 0.5) is 0 Å². The second-order valence-corrected chi connectivity index (χ2v) is 5.16. The fraction of sp³-hybridized carbons (Fsp3) is 0.429. The molecule has 0 unspecified atom stereocenters. The van der Waals surface area contributed by atoms with Gasteiger partial charge >= 0.3 is 0 Å². The van der Waals surface area contributed by atoms with Crippen LogP contribution in [0.3, 0.4) is 0 Å². The second-order valence-electron chi connectivity index (χ2n) is 5.16. The fourth-order valence-corrected chi connectivity index (χ4v) is 2.65. The van der Waals surface area contributed by atoms with Crippen molar-refractivity contribution in [3.05, 3.63) is 35.4 Å². The summed E-state index contributed by atoms with van der Waals surface area (Å²) < 4.78 is 0. The second kappa shape index (κ2) is 4.43. The quantitative estimate of drug-likeness (QED) is 0.838. The minimum absolute atomic E-state index is 0.0154. The molecule has 1 N–H and O–H groups in total. The lowest BCUT2D eigenvalue weighted by Crippen LogP contribution is -2.38. The third-order valence-electron chi connectivity index (χ3n) is 3.75. The first-order valence-electron chi connectivity index (χ1n) is 6.44. The van der Waals surface area contributed by atoms with E-state index in [1.807, 2.05) is 0 Å².